The topological polar surface area (TPSA) is 35.5 Å². The monoisotopic (exact) mass is 240 g/mol. The summed E-state index contributed by atoms with van der Waals surface area (Å²) in [5.74, 6) is 0. The Bertz CT molecular complexity index is 222. The van der Waals surface area contributed by atoms with E-state index in [-0.39, 0.29) is 6.10 Å². The maximum absolute atomic E-state index is 10.2. The fourth-order valence-electron chi connectivity index (χ4n) is 3.56. The molecule has 3 heteroatoms. The minimum Gasteiger partial charge on any atom is -0.391 e. The number of aliphatic hydroxyl groups excluding tert-OH is 1. The lowest BCUT2D eigenvalue weighted by Crippen LogP contribution is -2.52. The average molecular weight is 240 g/mol. The Morgan fingerprint density at radius 3 is 2.65 bits per heavy atom. The Kier molecular flexibility index (Phi) is 5.26. The molecule has 0 bridgehead atoms. The highest BCUT2D eigenvalue weighted by molar-refractivity contribution is 4.89. The van der Waals surface area contributed by atoms with Gasteiger partial charge in [0.15, 0.2) is 0 Å². The van der Waals surface area contributed by atoms with Gasteiger partial charge in [0.05, 0.1) is 6.10 Å². The van der Waals surface area contributed by atoms with E-state index in [0.29, 0.717) is 12.1 Å². The molecule has 2 aliphatic rings. The van der Waals surface area contributed by atoms with E-state index in [9.17, 15) is 5.11 Å². The molecular formula is C14H28N2O. The molecule has 100 valence electrons. The van der Waals surface area contributed by atoms with E-state index < -0.39 is 0 Å². The van der Waals surface area contributed by atoms with Crippen molar-refractivity contribution in [3.8, 4) is 0 Å². The van der Waals surface area contributed by atoms with E-state index in [1.54, 1.807) is 0 Å². The van der Waals surface area contributed by atoms with Crippen LogP contribution in [0.3, 0.4) is 0 Å². The van der Waals surface area contributed by atoms with E-state index in [0.717, 1.165) is 13.0 Å². The second kappa shape index (κ2) is 6.72. The van der Waals surface area contributed by atoms with E-state index in [1.165, 1.54) is 51.5 Å². The van der Waals surface area contributed by atoms with Gasteiger partial charge in [-0.05, 0) is 52.2 Å². The number of piperidine rings is 1. The van der Waals surface area contributed by atoms with Crippen molar-refractivity contribution in [3.05, 3.63) is 0 Å². The zero-order valence-corrected chi connectivity index (χ0v) is 11.2. The van der Waals surface area contributed by atoms with Crippen LogP contribution in [0.2, 0.25) is 0 Å². The molecule has 3 nitrogen and oxygen atoms in total. The van der Waals surface area contributed by atoms with Gasteiger partial charge in [-0.2, -0.15) is 0 Å². The zero-order valence-electron chi connectivity index (χ0n) is 11.2. The Balaban J connectivity index is 1.94. The third-order valence-corrected chi connectivity index (χ3v) is 4.52. The molecule has 0 radical (unpaired) electrons. The number of nitrogens with one attached hydrogen (secondary N) is 1. The summed E-state index contributed by atoms with van der Waals surface area (Å²) in [7, 11) is 2.03. The first-order valence-electron chi connectivity index (χ1n) is 7.41. The fraction of sp³-hybridized carbons (Fsp3) is 1.00. The lowest BCUT2D eigenvalue weighted by molar-refractivity contribution is -0.0166. The number of nitrogens with zero attached hydrogens (tertiary/aromatic N) is 1. The maximum Gasteiger partial charge on any atom is 0.0695 e. The molecule has 1 heterocycles. The molecule has 1 aliphatic heterocycles. The molecule has 0 aromatic rings. The smallest absolute Gasteiger partial charge is 0.0695 e. The van der Waals surface area contributed by atoms with Crippen molar-refractivity contribution in [2.75, 3.05) is 20.1 Å². The van der Waals surface area contributed by atoms with Gasteiger partial charge in [-0.1, -0.05) is 19.3 Å². The molecule has 2 N–H and O–H groups in total. The first-order valence-corrected chi connectivity index (χ1v) is 7.41. The van der Waals surface area contributed by atoms with Crippen LogP contribution in [-0.4, -0.2) is 48.3 Å². The SMILES string of the molecule is CNCCC1CCCCN1C1CCCCC1O. The largest absolute Gasteiger partial charge is 0.391 e. The molecular weight excluding hydrogens is 212 g/mol. The van der Waals surface area contributed by atoms with Crippen LogP contribution in [0.4, 0.5) is 0 Å². The summed E-state index contributed by atoms with van der Waals surface area (Å²) in [4.78, 5) is 2.63. The zero-order chi connectivity index (χ0) is 12.1. The number of hydrogen-bond acceptors (Lipinski definition) is 3. The van der Waals surface area contributed by atoms with E-state index >= 15 is 0 Å². The minimum atomic E-state index is -0.0704. The Labute approximate surface area is 106 Å². The fourth-order valence-corrected chi connectivity index (χ4v) is 3.56. The molecule has 0 aromatic carbocycles. The third-order valence-electron chi connectivity index (χ3n) is 4.52. The highest BCUT2D eigenvalue weighted by atomic mass is 16.3. The van der Waals surface area contributed by atoms with Gasteiger partial charge < -0.3 is 10.4 Å². The van der Waals surface area contributed by atoms with E-state index in [4.69, 9.17) is 0 Å². The molecule has 0 amide bonds. The molecule has 3 unspecified atom stereocenters. The first kappa shape index (κ1) is 13.3. The maximum atomic E-state index is 10.2. The van der Waals surface area contributed by atoms with Gasteiger partial charge in [0, 0.05) is 12.1 Å². The van der Waals surface area contributed by atoms with Crippen LogP contribution in [0.5, 0.6) is 0 Å². The first-order chi connectivity index (χ1) is 8.33. The average Bonchev–Trinajstić information content (AvgIpc) is 2.37. The normalized spacial score (nSPS) is 36.0. The molecule has 0 aromatic heterocycles. The van der Waals surface area contributed by atoms with Crippen molar-refractivity contribution in [3.63, 3.8) is 0 Å². The molecule has 0 spiro atoms. The summed E-state index contributed by atoms with van der Waals surface area (Å²) in [5, 5.41) is 13.5. The predicted molar refractivity (Wildman–Crippen MR) is 71.2 cm³/mol. The second-order valence-electron chi connectivity index (χ2n) is 5.70. The predicted octanol–water partition coefficient (Wildman–Crippen LogP) is 1.75. The van der Waals surface area contributed by atoms with Crippen LogP contribution in [0.25, 0.3) is 0 Å². The van der Waals surface area contributed by atoms with Crippen LogP contribution in [0.1, 0.15) is 51.4 Å². The summed E-state index contributed by atoms with van der Waals surface area (Å²) in [6, 6.07) is 1.15. The lowest BCUT2D eigenvalue weighted by atomic mass is 9.87. The van der Waals surface area contributed by atoms with Gasteiger partial charge in [-0.25, -0.2) is 0 Å². The number of aliphatic hydroxyl groups is 1. The second-order valence-corrected chi connectivity index (χ2v) is 5.70. The van der Waals surface area contributed by atoms with Crippen molar-refractivity contribution in [1.29, 1.82) is 0 Å². The molecule has 2 rings (SSSR count). The van der Waals surface area contributed by atoms with Crippen molar-refractivity contribution < 1.29 is 5.11 Å². The minimum absolute atomic E-state index is 0.0704. The van der Waals surface area contributed by atoms with Crippen molar-refractivity contribution in [1.82, 2.24) is 10.2 Å². The van der Waals surface area contributed by atoms with Crippen molar-refractivity contribution in [2.24, 2.45) is 0 Å². The van der Waals surface area contributed by atoms with Crippen LogP contribution in [0.15, 0.2) is 0 Å². The standard InChI is InChI=1S/C14H28N2O/c1-15-10-9-12-6-4-5-11-16(12)13-7-2-3-8-14(13)17/h12-15,17H,2-11H2,1H3. The van der Waals surface area contributed by atoms with Crippen LogP contribution in [0, 0.1) is 0 Å². The molecule has 1 saturated carbocycles. The molecule has 3 atom stereocenters. The van der Waals surface area contributed by atoms with Gasteiger partial charge in [0.1, 0.15) is 0 Å². The Morgan fingerprint density at radius 2 is 1.88 bits per heavy atom. The highest BCUT2D eigenvalue weighted by Crippen LogP contribution is 2.29. The van der Waals surface area contributed by atoms with Crippen LogP contribution >= 0.6 is 0 Å². The van der Waals surface area contributed by atoms with Gasteiger partial charge in [0.2, 0.25) is 0 Å². The Morgan fingerprint density at radius 1 is 1.12 bits per heavy atom. The lowest BCUT2D eigenvalue weighted by Gasteiger charge is -2.45. The quantitative estimate of drug-likeness (QED) is 0.786. The Hall–Kier alpha value is -0.120. The molecule has 1 saturated heterocycles. The van der Waals surface area contributed by atoms with Crippen molar-refractivity contribution >= 4 is 0 Å². The summed E-state index contributed by atoms with van der Waals surface area (Å²) in [6.45, 7) is 2.31. The number of rotatable bonds is 4. The summed E-state index contributed by atoms with van der Waals surface area (Å²) >= 11 is 0. The number of hydrogen-bond donors (Lipinski definition) is 2. The van der Waals surface area contributed by atoms with Gasteiger partial charge in [-0.15, -0.1) is 0 Å². The van der Waals surface area contributed by atoms with E-state index in [2.05, 4.69) is 10.2 Å². The van der Waals surface area contributed by atoms with Gasteiger partial charge >= 0.3 is 0 Å². The molecule has 17 heavy (non-hydrogen) atoms. The van der Waals surface area contributed by atoms with Gasteiger partial charge in [0.25, 0.3) is 0 Å². The highest BCUT2D eigenvalue weighted by Gasteiger charge is 2.33. The van der Waals surface area contributed by atoms with E-state index in [1.807, 2.05) is 7.05 Å². The van der Waals surface area contributed by atoms with Crippen LogP contribution in [-0.2, 0) is 0 Å². The summed E-state index contributed by atoms with van der Waals surface area (Å²) in [5.41, 5.74) is 0. The molecule has 1 aliphatic carbocycles. The summed E-state index contributed by atoms with van der Waals surface area (Å²) in [6.07, 6.45) is 9.91. The third kappa shape index (κ3) is 3.43. The molecule has 2 fully saturated rings. The van der Waals surface area contributed by atoms with Crippen molar-refractivity contribution in [2.45, 2.75) is 69.6 Å². The summed E-state index contributed by atoms with van der Waals surface area (Å²) < 4.78 is 0. The number of likely N-dealkylation sites (tertiary alicyclic amines) is 1. The van der Waals surface area contributed by atoms with Crippen LogP contribution < -0.4 is 5.32 Å². The van der Waals surface area contributed by atoms with Gasteiger partial charge in [-0.3, -0.25) is 4.90 Å².